The molecular formula is C49H85NO8. The summed E-state index contributed by atoms with van der Waals surface area (Å²) in [5, 5.41) is 53.8. The van der Waals surface area contributed by atoms with Gasteiger partial charge in [0.15, 0.2) is 6.29 Å². The SMILES string of the molecule is CC/C=C\C/C=C\C/C=C\C/C=C\C/C=C\CCCCCCCCCCCCCCCC(=O)NC(COC1OC(CO)C(O)C(O)C1O)C(O)/C=C/CCCCCC. The predicted molar refractivity (Wildman–Crippen MR) is 239 cm³/mol. The Morgan fingerprint density at radius 2 is 1.07 bits per heavy atom. The normalized spacial score (nSPS) is 21.5. The molecule has 1 amide bonds. The second-order valence-corrected chi connectivity index (χ2v) is 15.8. The van der Waals surface area contributed by atoms with Crippen LogP contribution in [-0.2, 0) is 14.3 Å². The van der Waals surface area contributed by atoms with E-state index >= 15 is 0 Å². The lowest BCUT2D eigenvalue weighted by Crippen LogP contribution is -2.60. The van der Waals surface area contributed by atoms with Gasteiger partial charge in [0, 0.05) is 6.42 Å². The lowest BCUT2D eigenvalue weighted by atomic mass is 9.99. The molecule has 6 N–H and O–H groups in total. The van der Waals surface area contributed by atoms with Crippen LogP contribution < -0.4 is 5.32 Å². The first-order valence-electron chi connectivity index (χ1n) is 23.2. The quantitative estimate of drug-likeness (QED) is 0.0268. The van der Waals surface area contributed by atoms with Crippen LogP contribution in [0.4, 0.5) is 0 Å². The van der Waals surface area contributed by atoms with E-state index in [-0.39, 0.29) is 12.5 Å². The van der Waals surface area contributed by atoms with E-state index in [1.54, 1.807) is 6.08 Å². The summed E-state index contributed by atoms with van der Waals surface area (Å²) >= 11 is 0. The summed E-state index contributed by atoms with van der Waals surface area (Å²) in [6.07, 6.45) is 45.7. The molecule has 0 aliphatic carbocycles. The number of hydrogen-bond acceptors (Lipinski definition) is 8. The summed E-state index contributed by atoms with van der Waals surface area (Å²) in [4.78, 5) is 12.9. The van der Waals surface area contributed by atoms with Gasteiger partial charge in [-0.25, -0.2) is 0 Å². The van der Waals surface area contributed by atoms with Crippen LogP contribution in [0.25, 0.3) is 0 Å². The Morgan fingerprint density at radius 1 is 0.603 bits per heavy atom. The zero-order valence-electron chi connectivity index (χ0n) is 36.5. The van der Waals surface area contributed by atoms with Crippen LogP contribution in [0.1, 0.15) is 174 Å². The monoisotopic (exact) mass is 816 g/mol. The zero-order valence-corrected chi connectivity index (χ0v) is 36.5. The molecule has 0 saturated carbocycles. The Kier molecular flexibility index (Phi) is 35.9. The maximum atomic E-state index is 12.9. The van der Waals surface area contributed by atoms with Crippen molar-refractivity contribution in [2.75, 3.05) is 13.2 Å². The molecule has 9 heteroatoms. The second kappa shape index (κ2) is 38.8. The zero-order chi connectivity index (χ0) is 42.3. The van der Waals surface area contributed by atoms with Gasteiger partial charge in [0.05, 0.1) is 25.4 Å². The van der Waals surface area contributed by atoms with Gasteiger partial charge < -0.3 is 40.3 Å². The molecule has 0 aromatic rings. The van der Waals surface area contributed by atoms with Crippen molar-refractivity contribution in [3.05, 3.63) is 72.9 Å². The molecule has 0 aromatic heterocycles. The Morgan fingerprint density at radius 3 is 1.59 bits per heavy atom. The minimum Gasteiger partial charge on any atom is -0.394 e. The molecule has 0 radical (unpaired) electrons. The highest BCUT2D eigenvalue weighted by atomic mass is 16.7. The van der Waals surface area contributed by atoms with E-state index in [2.05, 4.69) is 79.9 Å². The van der Waals surface area contributed by atoms with E-state index in [1.165, 1.54) is 70.6 Å². The number of unbranched alkanes of at least 4 members (excludes halogenated alkanes) is 17. The largest absolute Gasteiger partial charge is 0.394 e. The summed E-state index contributed by atoms with van der Waals surface area (Å²) in [7, 11) is 0. The molecule has 1 aliphatic heterocycles. The molecule has 1 aliphatic rings. The number of allylic oxidation sites excluding steroid dienone is 11. The van der Waals surface area contributed by atoms with Crippen molar-refractivity contribution in [3.63, 3.8) is 0 Å². The first-order chi connectivity index (χ1) is 28.3. The van der Waals surface area contributed by atoms with Gasteiger partial charge in [0.2, 0.25) is 5.91 Å². The molecular weight excluding hydrogens is 731 g/mol. The molecule has 1 fully saturated rings. The van der Waals surface area contributed by atoms with Crippen molar-refractivity contribution in [1.29, 1.82) is 0 Å². The Hall–Kier alpha value is -2.37. The summed E-state index contributed by atoms with van der Waals surface area (Å²) < 4.78 is 11.1. The molecule has 1 heterocycles. The maximum Gasteiger partial charge on any atom is 0.220 e. The van der Waals surface area contributed by atoms with Gasteiger partial charge in [0.1, 0.15) is 24.4 Å². The fraction of sp³-hybridized carbons (Fsp3) is 0.735. The summed E-state index contributed by atoms with van der Waals surface area (Å²) in [5.74, 6) is -0.188. The standard InChI is InChI=1S/C49H85NO8/c1-3-5-7-9-11-12-13-14-15-16-17-18-19-20-21-22-23-24-25-26-27-28-29-30-31-32-33-35-37-39-45(53)50-42(43(52)38-36-34-10-8-6-4-2)41-57-49-48(56)47(55)46(54)44(40-51)58-49/h5,7,11-12,14-15,17-18,20-21,36,38,42-44,46-49,51-52,54-56H,3-4,6,8-10,13,16,19,22-35,37,39-41H2,1-2H3,(H,50,53)/b7-5-,12-11-,15-14-,18-17-,21-20-,38-36+. The second-order valence-electron chi connectivity index (χ2n) is 15.8. The smallest absolute Gasteiger partial charge is 0.220 e. The summed E-state index contributed by atoms with van der Waals surface area (Å²) in [6.45, 7) is 3.56. The summed E-state index contributed by atoms with van der Waals surface area (Å²) in [6, 6.07) is -0.804. The fourth-order valence-electron chi connectivity index (χ4n) is 6.83. The number of carbonyl (C=O) groups excluding carboxylic acids is 1. The number of nitrogens with one attached hydrogen (secondary N) is 1. The van der Waals surface area contributed by atoms with Crippen molar-refractivity contribution in [3.8, 4) is 0 Å². The van der Waals surface area contributed by atoms with E-state index in [1.807, 2.05) is 6.08 Å². The van der Waals surface area contributed by atoms with Gasteiger partial charge in [-0.3, -0.25) is 4.79 Å². The highest BCUT2D eigenvalue weighted by Crippen LogP contribution is 2.22. The minimum absolute atomic E-state index is 0.188. The van der Waals surface area contributed by atoms with Gasteiger partial charge in [-0.05, 0) is 64.2 Å². The van der Waals surface area contributed by atoms with Crippen LogP contribution >= 0.6 is 0 Å². The van der Waals surface area contributed by atoms with E-state index in [0.29, 0.717) is 6.42 Å². The third kappa shape index (κ3) is 29.0. The molecule has 334 valence electrons. The van der Waals surface area contributed by atoms with E-state index < -0.39 is 49.5 Å². The van der Waals surface area contributed by atoms with E-state index in [4.69, 9.17) is 9.47 Å². The van der Waals surface area contributed by atoms with Gasteiger partial charge in [-0.15, -0.1) is 0 Å². The Labute approximate surface area is 353 Å². The number of aliphatic hydroxyl groups excluding tert-OH is 5. The molecule has 1 rings (SSSR count). The third-order valence-corrected chi connectivity index (χ3v) is 10.5. The van der Waals surface area contributed by atoms with Crippen LogP contribution in [0.15, 0.2) is 72.9 Å². The van der Waals surface area contributed by atoms with Crippen LogP contribution in [0, 0.1) is 0 Å². The van der Waals surface area contributed by atoms with Gasteiger partial charge >= 0.3 is 0 Å². The minimum atomic E-state index is -1.57. The van der Waals surface area contributed by atoms with E-state index in [0.717, 1.165) is 83.5 Å². The summed E-state index contributed by atoms with van der Waals surface area (Å²) in [5.41, 5.74) is 0. The predicted octanol–water partition coefficient (Wildman–Crippen LogP) is 9.78. The van der Waals surface area contributed by atoms with Crippen LogP contribution in [-0.4, -0.2) is 87.5 Å². The molecule has 0 bridgehead atoms. The first kappa shape index (κ1) is 53.6. The third-order valence-electron chi connectivity index (χ3n) is 10.5. The molecule has 0 aromatic carbocycles. The van der Waals surface area contributed by atoms with Gasteiger partial charge in [0.25, 0.3) is 0 Å². The molecule has 7 unspecified atom stereocenters. The number of carbonyl (C=O) groups is 1. The number of hydrogen-bond donors (Lipinski definition) is 6. The number of ether oxygens (including phenoxy) is 2. The van der Waals surface area contributed by atoms with Crippen molar-refractivity contribution in [2.24, 2.45) is 0 Å². The van der Waals surface area contributed by atoms with Gasteiger partial charge in [-0.1, -0.05) is 177 Å². The molecule has 58 heavy (non-hydrogen) atoms. The van der Waals surface area contributed by atoms with Crippen molar-refractivity contribution >= 4 is 5.91 Å². The van der Waals surface area contributed by atoms with Crippen molar-refractivity contribution in [1.82, 2.24) is 5.32 Å². The van der Waals surface area contributed by atoms with Crippen LogP contribution in [0.5, 0.6) is 0 Å². The molecule has 0 spiro atoms. The fourth-order valence-corrected chi connectivity index (χ4v) is 6.83. The highest BCUT2D eigenvalue weighted by molar-refractivity contribution is 5.76. The van der Waals surface area contributed by atoms with Crippen LogP contribution in [0.3, 0.4) is 0 Å². The van der Waals surface area contributed by atoms with E-state index in [9.17, 15) is 30.3 Å². The Bertz CT molecular complexity index is 1130. The number of amides is 1. The first-order valence-corrected chi connectivity index (χ1v) is 23.2. The van der Waals surface area contributed by atoms with Gasteiger partial charge in [-0.2, -0.15) is 0 Å². The average molecular weight is 816 g/mol. The Balaban J connectivity index is 2.13. The molecule has 9 nitrogen and oxygen atoms in total. The number of rotatable bonds is 37. The van der Waals surface area contributed by atoms with Crippen LogP contribution in [0.2, 0.25) is 0 Å². The van der Waals surface area contributed by atoms with Crippen molar-refractivity contribution in [2.45, 2.75) is 217 Å². The lowest BCUT2D eigenvalue weighted by molar-refractivity contribution is -0.302. The van der Waals surface area contributed by atoms with Crippen molar-refractivity contribution < 1.29 is 39.8 Å². The lowest BCUT2D eigenvalue weighted by Gasteiger charge is -2.40. The maximum absolute atomic E-state index is 12.9. The average Bonchev–Trinajstić information content (AvgIpc) is 3.22. The topological polar surface area (TPSA) is 149 Å². The highest BCUT2D eigenvalue weighted by Gasteiger charge is 2.44. The molecule has 1 saturated heterocycles. The number of aliphatic hydroxyl groups is 5. The molecule has 7 atom stereocenters.